The molecule has 0 N–H and O–H groups in total. The topological polar surface area (TPSA) is 26.3 Å². The fourth-order valence-corrected chi connectivity index (χ4v) is 2.21. The highest BCUT2D eigenvalue weighted by atomic mass is 35.5. The fraction of sp³-hybridized carbons (Fsp3) is 0.133. The Morgan fingerprint density at radius 2 is 1.74 bits per heavy atom. The second-order valence-electron chi connectivity index (χ2n) is 4.31. The molecule has 0 saturated carbocycles. The van der Waals surface area contributed by atoms with Gasteiger partial charge in [-0.2, -0.15) is 0 Å². The fourth-order valence-electron chi connectivity index (χ4n) is 1.89. The Kier molecular flexibility index (Phi) is 3.86. The van der Waals surface area contributed by atoms with Crippen molar-refractivity contribution in [2.24, 2.45) is 0 Å². The van der Waals surface area contributed by atoms with Gasteiger partial charge in [-0.15, -0.1) is 0 Å². The molecule has 0 aliphatic rings. The Bertz CT molecular complexity index is 615. The minimum atomic E-state index is -0.510. The predicted octanol–water partition coefficient (Wildman–Crippen LogP) is 4.70. The summed E-state index contributed by atoms with van der Waals surface area (Å²) in [6.45, 7) is 3.71. The van der Waals surface area contributed by atoms with E-state index in [-0.39, 0.29) is 11.3 Å². The molecule has 2 nitrogen and oxygen atoms in total. The normalized spacial score (nSPS) is 10.3. The molecule has 0 aromatic heterocycles. The lowest BCUT2D eigenvalue weighted by atomic mass is 10.1. The lowest BCUT2D eigenvalue weighted by Gasteiger charge is -2.12. The van der Waals surface area contributed by atoms with Crippen molar-refractivity contribution in [2.75, 3.05) is 0 Å². The van der Waals surface area contributed by atoms with E-state index in [1.54, 1.807) is 12.1 Å². The third-order valence-electron chi connectivity index (χ3n) is 2.67. The third-order valence-corrected chi connectivity index (χ3v) is 2.89. The van der Waals surface area contributed by atoms with E-state index in [1.165, 1.54) is 12.1 Å². The number of hydrogen-bond donors (Lipinski definition) is 0. The molecule has 2 rings (SSSR count). The molecule has 0 fully saturated rings. The van der Waals surface area contributed by atoms with Crippen LogP contribution in [0.15, 0.2) is 30.3 Å². The first-order valence-electron chi connectivity index (χ1n) is 5.70. The average Bonchev–Trinajstić information content (AvgIpc) is 2.33. The maximum atomic E-state index is 13.3. The molecular formula is C15H12ClFO2. The van der Waals surface area contributed by atoms with Gasteiger partial charge in [-0.25, -0.2) is 4.39 Å². The van der Waals surface area contributed by atoms with Gasteiger partial charge < -0.3 is 4.74 Å². The molecule has 4 heteroatoms. The molecule has 2 aromatic carbocycles. The van der Waals surface area contributed by atoms with Crippen LogP contribution in [0.25, 0.3) is 0 Å². The molecule has 0 atom stereocenters. The summed E-state index contributed by atoms with van der Waals surface area (Å²) < 4.78 is 19.0. The van der Waals surface area contributed by atoms with E-state index in [4.69, 9.17) is 16.3 Å². The van der Waals surface area contributed by atoms with Gasteiger partial charge in [-0.05, 0) is 49.2 Å². The zero-order valence-corrected chi connectivity index (χ0v) is 11.3. The molecule has 0 radical (unpaired) electrons. The Labute approximate surface area is 115 Å². The van der Waals surface area contributed by atoms with Gasteiger partial charge in [0.05, 0.1) is 0 Å². The molecule has 0 spiro atoms. The van der Waals surface area contributed by atoms with Gasteiger partial charge in [0, 0.05) is 16.7 Å². The van der Waals surface area contributed by atoms with Crippen LogP contribution in [0.1, 0.15) is 21.5 Å². The van der Waals surface area contributed by atoms with Crippen LogP contribution in [-0.2, 0) is 0 Å². The number of rotatable bonds is 3. The molecule has 98 valence electrons. The second-order valence-corrected chi connectivity index (χ2v) is 4.75. The summed E-state index contributed by atoms with van der Waals surface area (Å²) in [5.74, 6) is 0.395. The SMILES string of the molecule is Cc1cc(Cl)cc(C)c1Oc1cc(F)cc(C=O)c1. The first kappa shape index (κ1) is 13.6. The average molecular weight is 279 g/mol. The number of carbonyl (C=O) groups excluding carboxylic acids is 1. The summed E-state index contributed by atoms with van der Waals surface area (Å²) in [6, 6.07) is 7.42. The van der Waals surface area contributed by atoms with E-state index < -0.39 is 5.82 Å². The van der Waals surface area contributed by atoms with E-state index in [1.807, 2.05) is 13.8 Å². The molecule has 0 saturated heterocycles. The minimum Gasteiger partial charge on any atom is -0.457 e. The Morgan fingerprint density at radius 3 is 2.32 bits per heavy atom. The van der Waals surface area contributed by atoms with Crippen LogP contribution in [0.2, 0.25) is 5.02 Å². The summed E-state index contributed by atoms with van der Waals surface area (Å²) in [5.41, 5.74) is 1.93. The van der Waals surface area contributed by atoms with E-state index >= 15 is 0 Å². The zero-order chi connectivity index (χ0) is 14.0. The number of halogens is 2. The molecule has 2 aromatic rings. The van der Waals surface area contributed by atoms with Gasteiger partial charge in [-0.1, -0.05) is 11.6 Å². The van der Waals surface area contributed by atoms with Crippen LogP contribution in [0.3, 0.4) is 0 Å². The van der Waals surface area contributed by atoms with Crippen LogP contribution >= 0.6 is 11.6 Å². The first-order valence-corrected chi connectivity index (χ1v) is 6.08. The molecule has 0 aliphatic heterocycles. The number of hydrogen-bond acceptors (Lipinski definition) is 2. The standard InChI is InChI=1S/C15H12ClFO2/c1-9-3-12(16)4-10(2)15(9)19-14-6-11(8-18)5-13(17)7-14/h3-8H,1-2H3. The molecule has 0 amide bonds. The van der Waals surface area contributed by atoms with E-state index in [2.05, 4.69) is 0 Å². The van der Waals surface area contributed by atoms with Gasteiger partial charge in [-0.3, -0.25) is 4.79 Å². The smallest absolute Gasteiger partial charge is 0.150 e. The lowest BCUT2D eigenvalue weighted by molar-refractivity contribution is 0.112. The van der Waals surface area contributed by atoms with Crippen molar-refractivity contribution in [1.29, 1.82) is 0 Å². The Hall–Kier alpha value is -1.87. The van der Waals surface area contributed by atoms with E-state index in [0.717, 1.165) is 17.2 Å². The number of benzene rings is 2. The zero-order valence-electron chi connectivity index (χ0n) is 10.5. The predicted molar refractivity (Wildman–Crippen MR) is 72.8 cm³/mol. The van der Waals surface area contributed by atoms with Gasteiger partial charge in [0.15, 0.2) is 0 Å². The Balaban J connectivity index is 2.41. The number of carbonyl (C=O) groups is 1. The van der Waals surface area contributed by atoms with Gasteiger partial charge in [0.25, 0.3) is 0 Å². The van der Waals surface area contributed by atoms with Crippen LogP contribution in [0.5, 0.6) is 11.5 Å². The first-order chi connectivity index (χ1) is 8.99. The van der Waals surface area contributed by atoms with E-state index in [0.29, 0.717) is 17.1 Å². The highest BCUT2D eigenvalue weighted by Crippen LogP contribution is 2.31. The maximum Gasteiger partial charge on any atom is 0.150 e. The second kappa shape index (κ2) is 5.41. The quantitative estimate of drug-likeness (QED) is 0.761. The highest BCUT2D eigenvalue weighted by Gasteiger charge is 2.09. The largest absolute Gasteiger partial charge is 0.457 e. The van der Waals surface area contributed by atoms with Crippen LogP contribution in [0, 0.1) is 19.7 Å². The van der Waals surface area contributed by atoms with E-state index in [9.17, 15) is 9.18 Å². The summed E-state index contributed by atoms with van der Waals surface area (Å²) in [5, 5.41) is 0.621. The maximum absolute atomic E-state index is 13.3. The van der Waals surface area contributed by atoms with Crippen molar-refractivity contribution < 1.29 is 13.9 Å². The molecule has 19 heavy (non-hydrogen) atoms. The van der Waals surface area contributed by atoms with Crippen LogP contribution in [0.4, 0.5) is 4.39 Å². The van der Waals surface area contributed by atoms with Crippen molar-refractivity contribution in [3.05, 3.63) is 57.9 Å². The number of aryl methyl sites for hydroxylation is 2. The van der Waals surface area contributed by atoms with Crippen LogP contribution in [-0.4, -0.2) is 6.29 Å². The van der Waals surface area contributed by atoms with Crippen molar-refractivity contribution in [2.45, 2.75) is 13.8 Å². The molecule has 0 heterocycles. The van der Waals surface area contributed by atoms with Crippen LogP contribution < -0.4 is 4.74 Å². The molecular weight excluding hydrogens is 267 g/mol. The van der Waals surface area contributed by atoms with Gasteiger partial charge in [0.1, 0.15) is 23.6 Å². The number of ether oxygens (including phenoxy) is 1. The molecule has 0 unspecified atom stereocenters. The highest BCUT2D eigenvalue weighted by molar-refractivity contribution is 6.30. The minimum absolute atomic E-state index is 0.235. The van der Waals surface area contributed by atoms with Gasteiger partial charge >= 0.3 is 0 Å². The monoisotopic (exact) mass is 278 g/mol. The lowest BCUT2D eigenvalue weighted by Crippen LogP contribution is -1.93. The van der Waals surface area contributed by atoms with Crippen molar-refractivity contribution in [3.63, 3.8) is 0 Å². The summed E-state index contributed by atoms with van der Waals surface area (Å²) in [7, 11) is 0. The van der Waals surface area contributed by atoms with Crippen molar-refractivity contribution in [3.8, 4) is 11.5 Å². The summed E-state index contributed by atoms with van der Waals surface area (Å²) in [4.78, 5) is 10.7. The van der Waals surface area contributed by atoms with Crippen molar-refractivity contribution >= 4 is 17.9 Å². The Morgan fingerprint density at radius 1 is 1.11 bits per heavy atom. The molecule has 0 aliphatic carbocycles. The van der Waals surface area contributed by atoms with Crippen molar-refractivity contribution in [1.82, 2.24) is 0 Å². The molecule has 0 bridgehead atoms. The summed E-state index contributed by atoms with van der Waals surface area (Å²) >= 11 is 5.94. The summed E-state index contributed by atoms with van der Waals surface area (Å²) in [6.07, 6.45) is 0.581. The number of aldehydes is 1. The third kappa shape index (κ3) is 3.12. The van der Waals surface area contributed by atoms with Gasteiger partial charge in [0.2, 0.25) is 0 Å².